The molecule has 118 valence electrons. The van der Waals surface area contributed by atoms with Gasteiger partial charge in [-0.3, -0.25) is 9.89 Å². The quantitative estimate of drug-likeness (QED) is 0.480. The van der Waals surface area contributed by atoms with E-state index in [1.54, 1.807) is 14.2 Å². The number of hydrogen-bond donors (Lipinski definition) is 2. The number of methoxy groups -OCH3 is 1. The second-order valence-corrected chi connectivity index (χ2v) is 7.30. The van der Waals surface area contributed by atoms with Gasteiger partial charge in [0.15, 0.2) is 15.8 Å². The molecule has 0 radical (unpaired) electrons. The van der Waals surface area contributed by atoms with Crippen molar-refractivity contribution in [1.82, 2.24) is 15.5 Å². The van der Waals surface area contributed by atoms with Crippen LogP contribution >= 0.6 is 0 Å². The highest BCUT2D eigenvalue weighted by atomic mass is 32.2. The number of guanidine groups is 1. The fraction of sp³-hybridized carbons (Fsp3) is 0.917. The van der Waals surface area contributed by atoms with Crippen LogP contribution in [-0.2, 0) is 14.6 Å². The van der Waals surface area contributed by atoms with Gasteiger partial charge in [0, 0.05) is 46.4 Å². The minimum Gasteiger partial charge on any atom is -0.383 e. The minimum absolute atomic E-state index is 0.186. The van der Waals surface area contributed by atoms with E-state index >= 15 is 0 Å². The summed E-state index contributed by atoms with van der Waals surface area (Å²) in [6, 6.07) is 0.186. The predicted molar refractivity (Wildman–Crippen MR) is 80.9 cm³/mol. The molecule has 20 heavy (non-hydrogen) atoms. The van der Waals surface area contributed by atoms with E-state index in [4.69, 9.17) is 4.74 Å². The van der Waals surface area contributed by atoms with Gasteiger partial charge in [0.1, 0.15) is 0 Å². The van der Waals surface area contributed by atoms with Crippen LogP contribution in [0.2, 0.25) is 0 Å². The highest BCUT2D eigenvalue weighted by Gasteiger charge is 2.20. The van der Waals surface area contributed by atoms with Crippen LogP contribution in [0.3, 0.4) is 0 Å². The first-order chi connectivity index (χ1) is 9.46. The summed E-state index contributed by atoms with van der Waals surface area (Å²) in [6.45, 7) is 5.43. The third-order valence-corrected chi connectivity index (χ3v) is 4.79. The Morgan fingerprint density at radius 1 is 1.40 bits per heavy atom. The van der Waals surface area contributed by atoms with Gasteiger partial charge in [-0.1, -0.05) is 0 Å². The van der Waals surface area contributed by atoms with Crippen molar-refractivity contribution >= 4 is 15.8 Å². The number of hydrogen-bond acceptors (Lipinski definition) is 5. The number of nitrogens with one attached hydrogen (secondary N) is 2. The van der Waals surface area contributed by atoms with Crippen molar-refractivity contribution in [2.24, 2.45) is 4.99 Å². The van der Waals surface area contributed by atoms with Crippen molar-refractivity contribution in [3.05, 3.63) is 0 Å². The Hall–Kier alpha value is -0.860. The molecule has 1 rings (SSSR count). The number of sulfone groups is 1. The van der Waals surface area contributed by atoms with Gasteiger partial charge in [-0.05, 0) is 6.92 Å². The van der Waals surface area contributed by atoms with Crippen molar-refractivity contribution in [3.63, 3.8) is 0 Å². The number of rotatable bonds is 6. The average molecular weight is 306 g/mol. The monoisotopic (exact) mass is 306 g/mol. The van der Waals surface area contributed by atoms with Crippen LogP contribution in [0.4, 0.5) is 0 Å². The first-order valence-electron chi connectivity index (χ1n) is 6.85. The molecule has 8 heteroatoms. The molecule has 1 aliphatic heterocycles. The van der Waals surface area contributed by atoms with Crippen molar-refractivity contribution in [3.8, 4) is 0 Å². The molecule has 0 aromatic rings. The number of ether oxygens (including phenoxy) is 1. The third-order valence-electron chi connectivity index (χ3n) is 3.18. The average Bonchev–Trinajstić information content (AvgIpc) is 2.39. The molecule has 0 aliphatic carbocycles. The van der Waals surface area contributed by atoms with Crippen molar-refractivity contribution in [1.29, 1.82) is 0 Å². The van der Waals surface area contributed by atoms with Gasteiger partial charge in [-0.15, -0.1) is 0 Å². The summed E-state index contributed by atoms with van der Waals surface area (Å²) in [4.78, 5) is 6.29. The standard InChI is InChI=1S/C12H26N4O3S/c1-11(10-19-3)15-12(13-2)14-4-5-16-6-8-20(17,18)9-7-16/h11H,4-10H2,1-3H3,(H2,13,14,15). The largest absolute Gasteiger partial charge is 0.383 e. The fourth-order valence-corrected chi connectivity index (χ4v) is 3.30. The van der Waals surface area contributed by atoms with E-state index in [2.05, 4.69) is 20.5 Å². The molecular weight excluding hydrogens is 280 g/mol. The fourth-order valence-electron chi connectivity index (χ4n) is 2.03. The Morgan fingerprint density at radius 2 is 2.05 bits per heavy atom. The molecule has 1 atom stereocenters. The summed E-state index contributed by atoms with van der Waals surface area (Å²) in [5.74, 6) is 1.27. The Balaban J connectivity index is 2.22. The molecule has 0 saturated carbocycles. The molecule has 0 amide bonds. The van der Waals surface area contributed by atoms with E-state index in [0.717, 1.165) is 19.0 Å². The van der Waals surface area contributed by atoms with Gasteiger partial charge >= 0.3 is 0 Å². The summed E-state index contributed by atoms with van der Waals surface area (Å²) in [5.41, 5.74) is 0. The summed E-state index contributed by atoms with van der Waals surface area (Å²) in [7, 11) is 0.594. The van der Waals surface area contributed by atoms with Crippen molar-refractivity contribution in [2.45, 2.75) is 13.0 Å². The van der Waals surface area contributed by atoms with Gasteiger partial charge in [-0.2, -0.15) is 0 Å². The Kier molecular flexibility index (Phi) is 7.25. The van der Waals surface area contributed by atoms with Crippen LogP contribution in [0.15, 0.2) is 4.99 Å². The molecular formula is C12H26N4O3S. The minimum atomic E-state index is -2.80. The topological polar surface area (TPSA) is 83.0 Å². The summed E-state index contributed by atoms with van der Waals surface area (Å²) in [5, 5.41) is 6.44. The Morgan fingerprint density at radius 3 is 2.60 bits per heavy atom. The van der Waals surface area contributed by atoms with Crippen molar-refractivity contribution in [2.75, 3.05) is 58.4 Å². The molecule has 0 bridgehead atoms. The summed E-state index contributed by atoms with van der Waals surface area (Å²) in [6.07, 6.45) is 0. The van der Waals surface area contributed by atoms with E-state index in [1.807, 2.05) is 6.92 Å². The highest BCUT2D eigenvalue weighted by molar-refractivity contribution is 7.91. The predicted octanol–water partition coefficient (Wildman–Crippen LogP) is -1.08. The lowest BCUT2D eigenvalue weighted by atomic mass is 10.4. The SMILES string of the molecule is CN=C(NCCN1CCS(=O)(=O)CC1)NC(C)COC. The molecule has 0 aromatic carbocycles. The summed E-state index contributed by atoms with van der Waals surface area (Å²) >= 11 is 0. The third kappa shape index (κ3) is 6.53. The molecule has 0 aromatic heterocycles. The maximum Gasteiger partial charge on any atom is 0.191 e. The number of aliphatic imine (C=N–C) groups is 1. The second kappa shape index (κ2) is 8.43. The van der Waals surface area contributed by atoms with Crippen LogP contribution in [-0.4, -0.2) is 83.8 Å². The molecule has 1 fully saturated rings. The zero-order chi connectivity index (χ0) is 15.0. The Bertz CT molecular complexity index is 397. The normalized spacial score (nSPS) is 21.4. The summed E-state index contributed by atoms with van der Waals surface area (Å²) < 4.78 is 27.7. The smallest absolute Gasteiger partial charge is 0.191 e. The second-order valence-electron chi connectivity index (χ2n) is 4.99. The van der Waals surface area contributed by atoms with Crippen molar-refractivity contribution < 1.29 is 13.2 Å². The molecule has 2 N–H and O–H groups in total. The number of nitrogens with zero attached hydrogens (tertiary/aromatic N) is 2. The van der Waals surface area contributed by atoms with Gasteiger partial charge in [0.25, 0.3) is 0 Å². The van der Waals surface area contributed by atoms with E-state index < -0.39 is 9.84 Å². The lowest BCUT2D eigenvalue weighted by Crippen LogP contribution is -2.48. The first-order valence-corrected chi connectivity index (χ1v) is 8.68. The lowest BCUT2D eigenvalue weighted by Gasteiger charge is -2.27. The molecule has 7 nitrogen and oxygen atoms in total. The van der Waals surface area contributed by atoms with Gasteiger partial charge in [-0.25, -0.2) is 8.42 Å². The molecule has 1 unspecified atom stereocenters. The van der Waals surface area contributed by atoms with Crippen LogP contribution in [0.25, 0.3) is 0 Å². The van der Waals surface area contributed by atoms with E-state index in [-0.39, 0.29) is 17.5 Å². The zero-order valence-corrected chi connectivity index (χ0v) is 13.4. The molecule has 1 saturated heterocycles. The van der Waals surface area contributed by atoms with Gasteiger partial charge < -0.3 is 15.4 Å². The molecule has 0 spiro atoms. The lowest BCUT2D eigenvalue weighted by molar-refractivity contribution is 0.179. The zero-order valence-electron chi connectivity index (χ0n) is 12.6. The maximum absolute atomic E-state index is 11.3. The van der Waals surface area contributed by atoms with Crippen LogP contribution < -0.4 is 10.6 Å². The van der Waals surface area contributed by atoms with Crippen LogP contribution in [0, 0.1) is 0 Å². The van der Waals surface area contributed by atoms with Crippen LogP contribution in [0.1, 0.15) is 6.92 Å². The molecule has 1 heterocycles. The van der Waals surface area contributed by atoms with Crippen LogP contribution in [0.5, 0.6) is 0 Å². The van der Waals surface area contributed by atoms with Gasteiger partial charge in [0.05, 0.1) is 18.1 Å². The first kappa shape index (κ1) is 17.2. The Labute approximate surface area is 121 Å². The van der Waals surface area contributed by atoms with E-state index in [1.165, 1.54) is 0 Å². The highest BCUT2D eigenvalue weighted by Crippen LogP contribution is 2.02. The van der Waals surface area contributed by atoms with E-state index in [0.29, 0.717) is 19.7 Å². The maximum atomic E-state index is 11.3. The van der Waals surface area contributed by atoms with Gasteiger partial charge in [0.2, 0.25) is 0 Å². The molecule has 1 aliphatic rings. The van der Waals surface area contributed by atoms with E-state index in [9.17, 15) is 8.42 Å².